The van der Waals surface area contributed by atoms with Crippen molar-refractivity contribution < 1.29 is 14.5 Å². The van der Waals surface area contributed by atoms with Crippen molar-refractivity contribution >= 4 is 28.2 Å². The number of hydrogen-bond donors (Lipinski definition) is 1. The molecule has 0 atom stereocenters. The van der Waals surface area contributed by atoms with E-state index in [-0.39, 0.29) is 5.60 Å². The van der Waals surface area contributed by atoms with Crippen molar-refractivity contribution in [2.45, 2.75) is 56.3 Å². The molecular formula is C23H30ClN3O3. The number of anilines is 1. The quantitative estimate of drug-likeness (QED) is 0.703. The topological polar surface area (TPSA) is 55.9 Å². The molecule has 0 unspecified atom stereocenters. The molecule has 0 amide bonds. The summed E-state index contributed by atoms with van der Waals surface area (Å²) >= 11 is 6.08. The largest absolute Gasteiger partial charge is 0.383 e. The van der Waals surface area contributed by atoms with Gasteiger partial charge in [0.1, 0.15) is 5.60 Å². The summed E-state index contributed by atoms with van der Waals surface area (Å²) in [5.74, 6) is -0.548. The fourth-order valence-electron chi connectivity index (χ4n) is 4.87. The molecule has 1 N–H and O–H groups in total. The van der Waals surface area contributed by atoms with E-state index in [1.54, 1.807) is 0 Å². The SMILES string of the molecule is Clc1ccc2c(NCCN3CCC4(CC3)OCC3(CCCCC3)OO4)ccnc2c1. The average molecular weight is 432 g/mol. The van der Waals surface area contributed by atoms with Gasteiger partial charge in [-0.15, -0.1) is 0 Å². The minimum Gasteiger partial charge on any atom is -0.383 e. The van der Waals surface area contributed by atoms with Gasteiger partial charge in [-0.05, 0) is 37.1 Å². The number of rotatable bonds is 4. The Bertz CT molecular complexity index is 867. The van der Waals surface area contributed by atoms with Gasteiger partial charge in [0.05, 0.1) is 12.1 Å². The fourth-order valence-corrected chi connectivity index (χ4v) is 5.03. The van der Waals surface area contributed by atoms with Crippen LogP contribution in [0.25, 0.3) is 10.9 Å². The number of fused-ring (bicyclic) bond motifs is 1. The number of ether oxygens (including phenoxy) is 1. The van der Waals surface area contributed by atoms with E-state index in [0.29, 0.717) is 11.6 Å². The molecule has 3 aliphatic rings. The van der Waals surface area contributed by atoms with Gasteiger partial charge in [-0.2, -0.15) is 0 Å². The van der Waals surface area contributed by atoms with E-state index < -0.39 is 5.79 Å². The van der Waals surface area contributed by atoms with Crippen LogP contribution in [0.1, 0.15) is 44.9 Å². The number of hydrogen-bond acceptors (Lipinski definition) is 6. The van der Waals surface area contributed by atoms with Gasteiger partial charge in [-0.1, -0.05) is 30.9 Å². The number of pyridine rings is 1. The zero-order valence-electron chi connectivity index (χ0n) is 17.4. The highest BCUT2D eigenvalue weighted by atomic mass is 35.5. The molecule has 1 saturated carbocycles. The van der Waals surface area contributed by atoms with Crippen LogP contribution >= 0.6 is 11.6 Å². The van der Waals surface area contributed by atoms with Crippen LogP contribution in [0.2, 0.25) is 5.02 Å². The second-order valence-electron chi connectivity index (χ2n) is 8.90. The Balaban J connectivity index is 1.10. The molecule has 2 aliphatic heterocycles. The molecule has 2 spiro atoms. The highest BCUT2D eigenvalue weighted by Gasteiger charge is 2.48. The molecule has 1 aromatic carbocycles. The Hall–Kier alpha value is -1.44. The van der Waals surface area contributed by atoms with Crippen LogP contribution in [-0.4, -0.2) is 54.1 Å². The first-order chi connectivity index (χ1) is 14.7. The molecular weight excluding hydrogens is 402 g/mol. The van der Waals surface area contributed by atoms with Gasteiger partial charge < -0.3 is 15.0 Å². The Morgan fingerprint density at radius 3 is 2.63 bits per heavy atom. The van der Waals surface area contributed by atoms with E-state index in [9.17, 15) is 0 Å². The van der Waals surface area contributed by atoms with E-state index in [1.165, 1.54) is 19.3 Å². The van der Waals surface area contributed by atoms with Crippen molar-refractivity contribution in [1.82, 2.24) is 9.88 Å². The molecule has 0 bridgehead atoms. The Morgan fingerprint density at radius 1 is 1.03 bits per heavy atom. The summed E-state index contributed by atoms with van der Waals surface area (Å²) in [5.41, 5.74) is 1.81. The minimum absolute atomic E-state index is 0.192. The molecule has 3 fully saturated rings. The summed E-state index contributed by atoms with van der Waals surface area (Å²) in [5, 5.41) is 5.36. The van der Waals surface area contributed by atoms with Crippen molar-refractivity contribution in [1.29, 1.82) is 0 Å². The zero-order valence-corrected chi connectivity index (χ0v) is 18.1. The van der Waals surface area contributed by atoms with E-state index in [1.807, 2.05) is 30.5 Å². The van der Waals surface area contributed by atoms with Gasteiger partial charge >= 0.3 is 0 Å². The van der Waals surface area contributed by atoms with Crippen molar-refractivity contribution in [2.75, 3.05) is 38.1 Å². The summed E-state index contributed by atoms with van der Waals surface area (Å²) in [6, 6.07) is 7.85. The monoisotopic (exact) mass is 431 g/mol. The first-order valence-electron chi connectivity index (χ1n) is 11.2. The first-order valence-corrected chi connectivity index (χ1v) is 11.5. The number of halogens is 1. The van der Waals surface area contributed by atoms with Crippen LogP contribution in [0.3, 0.4) is 0 Å². The lowest BCUT2D eigenvalue weighted by Crippen LogP contribution is -2.57. The number of aromatic nitrogens is 1. The normalized spacial score (nSPS) is 23.8. The molecule has 7 heteroatoms. The average Bonchev–Trinajstić information content (AvgIpc) is 2.78. The summed E-state index contributed by atoms with van der Waals surface area (Å²) in [6.45, 7) is 4.41. The van der Waals surface area contributed by atoms with Gasteiger partial charge in [-0.25, -0.2) is 9.78 Å². The summed E-state index contributed by atoms with van der Waals surface area (Å²) in [6.07, 6.45) is 9.33. The Kier molecular flexibility index (Phi) is 5.86. The third kappa shape index (κ3) is 4.30. The molecule has 162 valence electrons. The molecule has 1 aliphatic carbocycles. The summed E-state index contributed by atoms with van der Waals surface area (Å²) in [4.78, 5) is 18.7. The maximum Gasteiger partial charge on any atom is 0.204 e. The Morgan fingerprint density at radius 2 is 1.87 bits per heavy atom. The van der Waals surface area contributed by atoms with Crippen LogP contribution in [0, 0.1) is 0 Å². The van der Waals surface area contributed by atoms with Crippen molar-refractivity contribution in [3.05, 3.63) is 35.5 Å². The van der Waals surface area contributed by atoms with E-state index >= 15 is 0 Å². The van der Waals surface area contributed by atoms with Crippen molar-refractivity contribution in [2.24, 2.45) is 0 Å². The molecule has 6 nitrogen and oxygen atoms in total. The van der Waals surface area contributed by atoms with E-state index in [2.05, 4.69) is 15.2 Å². The van der Waals surface area contributed by atoms with Crippen molar-refractivity contribution in [3.63, 3.8) is 0 Å². The number of piperidine rings is 1. The number of nitrogens with one attached hydrogen (secondary N) is 1. The molecule has 0 radical (unpaired) electrons. The molecule has 2 saturated heterocycles. The van der Waals surface area contributed by atoms with Crippen LogP contribution in [-0.2, 0) is 14.5 Å². The highest BCUT2D eigenvalue weighted by Crippen LogP contribution is 2.41. The van der Waals surface area contributed by atoms with Crippen LogP contribution in [0.15, 0.2) is 30.5 Å². The molecule has 1 aromatic heterocycles. The van der Waals surface area contributed by atoms with Gasteiger partial charge in [-0.3, -0.25) is 4.98 Å². The number of nitrogens with zero attached hydrogens (tertiary/aromatic N) is 2. The highest BCUT2D eigenvalue weighted by molar-refractivity contribution is 6.31. The van der Waals surface area contributed by atoms with Gasteiger partial charge in [0.15, 0.2) is 0 Å². The number of likely N-dealkylation sites (tertiary alicyclic amines) is 1. The molecule has 30 heavy (non-hydrogen) atoms. The summed E-state index contributed by atoms with van der Waals surface area (Å²) in [7, 11) is 0. The summed E-state index contributed by atoms with van der Waals surface area (Å²) < 4.78 is 6.27. The predicted molar refractivity (Wildman–Crippen MR) is 118 cm³/mol. The maximum atomic E-state index is 6.27. The lowest BCUT2D eigenvalue weighted by Gasteiger charge is -2.48. The zero-order chi connectivity index (χ0) is 20.4. The number of benzene rings is 1. The standard InChI is InChI=1S/C23H30ClN3O3/c24-18-4-5-19-20(6-11-25-21(19)16-18)26-12-15-27-13-9-23(10-14-27)28-17-22(29-30-23)7-2-1-3-8-22/h4-6,11,16H,1-3,7-10,12-15,17H2,(H,25,26). The van der Waals surface area contributed by atoms with Gasteiger partial charge in [0.25, 0.3) is 0 Å². The Labute approximate surface area is 182 Å². The van der Waals surface area contributed by atoms with Gasteiger partial charge in [0.2, 0.25) is 5.79 Å². The van der Waals surface area contributed by atoms with E-state index in [4.69, 9.17) is 26.1 Å². The van der Waals surface area contributed by atoms with E-state index in [0.717, 1.165) is 68.5 Å². The third-order valence-electron chi connectivity index (χ3n) is 6.80. The predicted octanol–water partition coefficient (Wildman–Crippen LogP) is 4.77. The second kappa shape index (κ2) is 8.60. The van der Waals surface area contributed by atoms with Crippen LogP contribution in [0.4, 0.5) is 5.69 Å². The van der Waals surface area contributed by atoms with Crippen molar-refractivity contribution in [3.8, 4) is 0 Å². The molecule has 5 rings (SSSR count). The lowest BCUT2D eigenvalue weighted by atomic mass is 9.85. The second-order valence-corrected chi connectivity index (χ2v) is 9.33. The molecule has 3 heterocycles. The minimum atomic E-state index is -0.548. The van der Waals surface area contributed by atoms with Crippen LogP contribution < -0.4 is 5.32 Å². The first kappa shape index (κ1) is 20.5. The fraction of sp³-hybridized carbons (Fsp3) is 0.609. The third-order valence-corrected chi connectivity index (χ3v) is 7.03. The lowest BCUT2D eigenvalue weighted by molar-refractivity contribution is -0.520. The smallest absolute Gasteiger partial charge is 0.204 e. The maximum absolute atomic E-state index is 6.27. The van der Waals surface area contributed by atoms with Gasteiger partial charge in [0, 0.05) is 61.3 Å². The molecule has 2 aromatic rings. The van der Waals surface area contributed by atoms with Crippen LogP contribution in [0.5, 0.6) is 0 Å².